The van der Waals surface area contributed by atoms with Crippen molar-refractivity contribution >= 4 is 0 Å². The van der Waals surface area contributed by atoms with Crippen LogP contribution < -0.4 is 0 Å². The zero-order chi connectivity index (χ0) is 28.9. The zero-order valence-corrected chi connectivity index (χ0v) is 24.8. The number of phenols is 3. The highest BCUT2D eigenvalue weighted by molar-refractivity contribution is 5.58. The average molecular weight is 523 g/mol. The van der Waals surface area contributed by atoms with Gasteiger partial charge in [-0.3, -0.25) is 0 Å². The second-order valence-corrected chi connectivity index (χ2v) is 11.8. The molecule has 0 amide bonds. The number of rotatable bonds is 6. The van der Waals surface area contributed by atoms with Crippen LogP contribution in [0, 0.1) is 41.5 Å². The molecule has 0 fully saturated rings. The average Bonchev–Trinajstić information content (AvgIpc) is 2.89. The van der Waals surface area contributed by atoms with Crippen LogP contribution in [-0.4, -0.2) is 15.3 Å². The van der Waals surface area contributed by atoms with Gasteiger partial charge in [0, 0.05) is 10.8 Å². The molecule has 0 unspecified atom stereocenters. The van der Waals surface area contributed by atoms with Crippen LogP contribution in [0.2, 0.25) is 0 Å². The van der Waals surface area contributed by atoms with Crippen molar-refractivity contribution in [3.63, 3.8) is 0 Å². The Bertz CT molecular complexity index is 1410. The SMILES string of the molecule is CCC(c1ccc(C(C)(C)c2cc(C)c(O)c(C)c2)cc1)(c1cc(C)c(O)c(C)c1)c1cc(C)c(O)c(C)c1. The first-order chi connectivity index (χ1) is 18.2. The van der Waals surface area contributed by atoms with Gasteiger partial charge in [0.15, 0.2) is 0 Å². The number of hydrogen-bond acceptors (Lipinski definition) is 3. The van der Waals surface area contributed by atoms with Gasteiger partial charge in [-0.25, -0.2) is 0 Å². The predicted molar refractivity (Wildman–Crippen MR) is 161 cm³/mol. The van der Waals surface area contributed by atoms with Crippen molar-refractivity contribution in [1.29, 1.82) is 0 Å². The number of hydrogen-bond donors (Lipinski definition) is 3. The standard InChI is InChI=1S/C36H42O3/c1-10-36(30-17-23(4)33(38)24(5)18-30,31-19-25(6)34(39)26(7)20-31)28-13-11-27(12-14-28)35(8,9)29-15-21(2)32(37)22(3)16-29/h11-20,37-39H,10H2,1-9H3. The Hall–Kier alpha value is -3.72. The maximum absolute atomic E-state index is 10.6. The van der Waals surface area contributed by atoms with E-state index < -0.39 is 5.41 Å². The zero-order valence-electron chi connectivity index (χ0n) is 24.8. The first kappa shape index (κ1) is 28.3. The fraction of sp³-hybridized carbons (Fsp3) is 0.333. The lowest BCUT2D eigenvalue weighted by Gasteiger charge is -2.37. The summed E-state index contributed by atoms with van der Waals surface area (Å²) in [6.07, 6.45) is 0.805. The van der Waals surface area contributed by atoms with E-state index >= 15 is 0 Å². The van der Waals surface area contributed by atoms with E-state index in [2.05, 4.69) is 81.4 Å². The lowest BCUT2D eigenvalue weighted by Crippen LogP contribution is -2.29. The second-order valence-electron chi connectivity index (χ2n) is 11.8. The molecule has 0 aromatic heterocycles. The molecule has 0 bridgehead atoms. The van der Waals surface area contributed by atoms with Crippen molar-refractivity contribution in [2.24, 2.45) is 0 Å². The minimum absolute atomic E-state index is 0.256. The molecule has 0 atom stereocenters. The molecule has 0 saturated heterocycles. The Labute approximate surface area is 233 Å². The van der Waals surface area contributed by atoms with Crippen molar-refractivity contribution in [1.82, 2.24) is 0 Å². The van der Waals surface area contributed by atoms with Gasteiger partial charge in [0.1, 0.15) is 17.2 Å². The molecule has 4 rings (SSSR count). The van der Waals surface area contributed by atoms with E-state index in [1.165, 1.54) is 11.1 Å². The van der Waals surface area contributed by atoms with Crippen LogP contribution in [0.3, 0.4) is 0 Å². The summed E-state index contributed by atoms with van der Waals surface area (Å²) < 4.78 is 0. The quantitative estimate of drug-likeness (QED) is 0.222. The molecular formula is C36H42O3. The number of phenolic OH excluding ortho intramolecular Hbond substituents is 3. The third-order valence-corrected chi connectivity index (χ3v) is 8.81. The van der Waals surface area contributed by atoms with E-state index in [0.29, 0.717) is 17.2 Å². The highest BCUT2D eigenvalue weighted by atomic mass is 16.3. The van der Waals surface area contributed by atoms with Crippen molar-refractivity contribution in [3.8, 4) is 17.2 Å². The van der Waals surface area contributed by atoms with Gasteiger partial charge in [-0.05, 0) is 109 Å². The molecule has 4 aromatic rings. The van der Waals surface area contributed by atoms with Gasteiger partial charge in [0.25, 0.3) is 0 Å². The van der Waals surface area contributed by atoms with E-state index in [1.807, 2.05) is 41.5 Å². The maximum Gasteiger partial charge on any atom is 0.121 e. The summed E-state index contributed by atoms with van der Waals surface area (Å²) in [6.45, 7) is 18.3. The number of benzene rings is 4. The van der Waals surface area contributed by atoms with Crippen molar-refractivity contribution < 1.29 is 15.3 Å². The van der Waals surface area contributed by atoms with Crippen molar-refractivity contribution in [2.45, 2.75) is 79.6 Å². The fourth-order valence-electron chi connectivity index (χ4n) is 6.17. The first-order valence-electron chi connectivity index (χ1n) is 13.8. The maximum atomic E-state index is 10.6. The van der Waals surface area contributed by atoms with Crippen LogP contribution in [0.15, 0.2) is 60.7 Å². The molecule has 0 aliphatic heterocycles. The highest BCUT2D eigenvalue weighted by Gasteiger charge is 2.37. The Kier molecular flexibility index (Phi) is 7.33. The minimum Gasteiger partial charge on any atom is -0.507 e. The van der Waals surface area contributed by atoms with Gasteiger partial charge in [0.05, 0.1) is 0 Å². The lowest BCUT2D eigenvalue weighted by molar-refractivity contribution is 0.464. The largest absolute Gasteiger partial charge is 0.507 e. The Morgan fingerprint density at radius 1 is 0.462 bits per heavy atom. The summed E-state index contributed by atoms with van der Waals surface area (Å²) in [5.74, 6) is 1.02. The fourth-order valence-corrected chi connectivity index (χ4v) is 6.17. The molecule has 4 aromatic carbocycles. The van der Waals surface area contributed by atoms with Crippen LogP contribution >= 0.6 is 0 Å². The van der Waals surface area contributed by atoms with Crippen molar-refractivity contribution in [2.75, 3.05) is 0 Å². The van der Waals surface area contributed by atoms with E-state index in [4.69, 9.17) is 0 Å². The van der Waals surface area contributed by atoms with Gasteiger partial charge in [-0.2, -0.15) is 0 Å². The molecule has 0 radical (unpaired) electrons. The molecule has 0 saturated carbocycles. The van der Waals surface area contributed by atoms with E-state index in [1.54, 1.807) is 0 Å². The Morgan fingerprint density at radius 2 is 0.744 bits per heavy atom. The molecular weight excluding hydrogens is 480 g/mol. The van der Waals surface area contributed by atoms with E-state index in [0.717, 1.165) is 56.5 Å². The van der Waals surface area contributed by atoms with Crippen LogP contribution in [0.25, 0.3) is 0 Å². The van der Waals surface area contributed by atoms with Gasteiger partial charge in [-0.1, -0.05) is 81.4 Å². The third-order valence-electron chi connectivity index (χ3n) is 8.81. The van der Waals surface area contributed by atoms with Gasteiger partial charge in [0.2, 0.25) is 0 Å². The molecule has 0 aliphatic rings. The normalized spacial score (nSPS) is 12.1. The van der Waals surface area contributed by atoms with Gasteiger partial charge in [-0.15, -0.1) is 0 Å². The van der Waals surface area contributed by atoms with Gasteiger partial charge < -0.3 is 15.3 Å². The topological polar surface area (TPSA) is 60.7 Å². The summed E-state index contributed by atoms with van der Waals surface area (Å²) in [5, 5.41) is 31.5. The van der Waals surface area contributed by atoms with Crippen LogP contribution in [0.5, 0.6) is 17.2 Å². The minimum atomic E-state index is -0.471. The van der Waals surface area contributed by atoms with Crippen LogP contribution in [0.4, 0.5) is 0 Å². The molecule has 0 heterocycles. The predicted octanol–water partition coefficient (Wildman–Crippen LogP) is 8.72. The number of aryl methyl sites for hydroxylation is 6. The molecule has 3 heteroatoms. The lowest BCUT2D eigenvalue weighted by atomic mass is 9.66. The van der Waals surface area contributed by atoms with Crippen LogP contribution in [-0.2, 0) is 10.8 Å². The monoisotopic (exact) mass is 522 g/mol. The summed E-state index contributed by atoms with van der Waals surface area (Å²) in [5.41, 5.74) is 10.2. The molecule has 3 N–H and O–H groups in total. The summed E-state index contributed by atoms with van der Waals surface area (Å²) >= 11 is 0. The van der Waals surface area contributed by atoms with Crippen LogP contribution in [0.1, 0.15) is 88.4 Å². The van der Waals surface area contributed by atoms with Crippen molar-refractivity contribution in [3.05, 3.63) is 122 Å². The van der Waals surface area contributed by atoms with E-state index in [-0.39, 0.29) is 5.41 Å². The first-order valence-corrected chi connectivity index (χ1v) is 13.8. The summed E-state index contributed by atoms with van der Waals surface area (Å²) in [6, 6.07) is 21.5. The van der Waals surface area contributed by atoms with E-state index in [9.17, 15) is 15.3 Å². The molecule has 0 spiro atoms. The molecule has 204 valence electrons. The Balaban J connectivity index is 1.94. The second kappa shape index (κ2) is 10.1. The Morgan fingerprint density at radius 3 is 1.05 bits per heavy atom. The summed E-state index contributed by atoms with van der Waals surface area (Å²) in [4.78, 5) is 0. The van der Waals surface area contributed by atoms with Gasteiger partial charge >= 0.3 is 0 Å². The number of aromatic hydroxyl groups is 3. The smallest absolute Gasteiger partial charge is 0.121 e. The highest BCUT2D eigenvalue weighted by Crippen LogP contribution is 2.46. The molecule has 39 heavy (non-hydrogen) atoms. The summed E-state index contributed by atoms with van der Waals surface area (Å²) in [7, 11) is 0. The molecule has 0 aliphatic carbocycles. The third kappa shape index (κ3) is 4.69. The molecule has 3 nitrogen and oxygen atoms in total.